The summed E-state index contributed by atoms with van der Waals surface area (Å²) in [6.45, 7) is 0.825. The molecule has 0 amide bonds. The third kappa shape index (κ3) is 4.77. The fraction of sp³-hybridized carbons (Fsp3) is 0.450. The van der Waals surface area contributed by atoms with Crippen molar-refractivity contribution >= 4 is 0 Å². The number of rotatable bonds is 6. The van der Waals surface area contributed by atoms with Crippen LogP contribution in [0.4, 0.5) is 4.39 Å². The van der Waals surface area contributed by atoms with Crippen LogP contribution in [0.25, 0.3) is 0 Å². The van der Waals surface area contributed by atoms with E-state index in [2.05, 4.69) is 9.88 Å². The summed E-state index contributed by atoms with van der Waals surface area (Å²) in [4.78, 5) is 6.53. The average molecular weight is 344 g/mol. The van der Waals surface area contributed by atoms with Crippen molar-refractivity contribution in [2.24, 2.45) is 0 Å². The largest absolute Gasteiger partial charge is 0.488 e. The molecule has 3 rings (SSSR count). The molecule has 0 unspecified atom stereocenters. The summed E-state index contributed by atoms with van der Waals surface area (Å²) in [5.41, 5.74) is 1.05. The van der Waals surface area contributed by atoms with Gasteiger partial charge in [0.1, 0.15) is 23.8 Å². The van der Waals surface area contributed by atoms with E-state index >= 15 is 0 Å². The number of aliphatic hydroxyl groups is 1. The van der Waals surface area contributed by atoms with E-state index in [0.29, 0.717) is 5.75 Å². The van der Waals surface area contributed by atoms with Crippen molar-refractivity contribution in [2.45, 2.75) is 43.9 Å². The van der Waals surface area contributed by atoms with E-state index < -0.39 is 6.10 Å². The van der Waals surface area contributed by atoms with Crippen LogP contribution in [0.1, 0.15) is 25.0 Å². The monoisotopic (exact) mass is 344 g/mol. The first-order valence-corrected chi connectivity index (χ1v) is 8.84. The van der Waals surface area contributed by atoms with E-state index in [4.69, 9.17) is 4.74 Å². The van der Waals surface area contributed by atoms with E-state index in [9.17, 15) is 9.50 Å². The summed E-state index contributed by atoms with van der Waals surface area (Å²) in [6, 6.07) is 12.0. The van der Waals surface area contributed by atoms with Gasteiger partial charge in [-0.15, -0.1) is 0 Å². The summed E-state index contributed by atoms with van der Waals surface area (Å²) < 4.78 is 19.2. The molecule has 0 aliphatic heterocycles. The fourth-order valence-electron chi connectivity index (χ4n) is 3.45. The molecule has 25 heavy (non-hydrogen) atoms. The van der Waals surface area contributed by atoms with E-state index in [1.54, 1.807) is 18.3 Å². The number of pyridine rings is 1. The lowest BCUT2D eigenvalue weighted by molar-refractivity contribution is -0.0470. The molecule has 2 aromatic rings. The maximum atomic E-state index is 13.3. The minimum Gasteiger partial charge on any atom is -0.488 e. The van der Waals surface area contributed by atoms with Gasteiger partial charge < -0.3 is 14.7 Å². The number of nitrogens with zero attached hydrogens (tertiary/aromatic N) is 2. The molecule has 5 heteroatoms. The van der Waals surface area contributed by atoms with Crippen LogP contribution in [0.5, 0.6) is 5.75 Å². The zero-order chi connectivity index (χ0) is 17.6. The summed E-state index contributed by atoms with van der Waals surface area (Å²) in [5.74, 6) is 0.146. The molecular formula is C20H25FN2O2. The van der Waals surface area contributed by atoms with Gasteiger partial charge in [0.05, 0.1) is 0 Å². The van der Waals surface area contributed by atoms with Gasteiger partial charge in [-0.25, -0.2) is 4.39 Å². The first kappa shape index (κ1) is 17.8. The van der Waals surface area contributed by atoms with E-state index in [1.807, 2.05) is 25.2 Å². The van der Waals surface area contributed by atoms with Crippen molar-refractivity contribution < 1.29 is 14.2 Å². The quantitative estimate of drug-likeness (QED) is 0.875. The number of benzene rings is 1. The first-order valence-electron chi connectivity index (χ1n) is 8.84. The maximum absolute atomic E-state index is 13.3. The molecule has 1 aliphatic carbocycles. The molecule has 0 bridgehead atoms. The van der Waals surface area contributed by atoms with Crippen LogP contribution < -0.4 is 4.74 Å². The summed E-state index contributed by atoms with van der Waals surface area (Å²) in [5, 5.41) is 10.8. The van der Waals surface area contributed by atoms with Crippen molar-refractivity contribution in [3.8, 4) is 5.75 Å². The van der Waals surface area contributed by atoms with Gasteiger partial charge in [0.25, 0.3) is 0 Å². The minimum absolute atomic E-state index is 0.0380. The first-order chi connectivity index (χ1) is 12.1. The highest BCUT2D eigenvalue weighted by molar-refractivity contribution is 5.23. The van der Waals surface area contributed by atoms with Gasteiger partial charge in [0.15, 0.2) is 0 Å². The van der Waals surface area contributed by atoms with Crippen LogP contribution in [-0.4, -0.2) is 46.8 Å². The third-order valence-corrected chi connectivity index (χ3v) is 4.86. The molecule has 1 aliphatic rings. The lowest BCUT2D eigenvalue weighted by Gasteiger charge is -2.39. The van der Waals surface area contributed by atoms with Gasteiger partial charge >= 0.3 is 0 Å². The highest BCUT2D eigenvalue weighted by Crippen LogP contribution is 2.27. The van der Waals surface area contributed by atoms with Gasteiger partial charge in [-0.3, -0.25) is 4.98 Å². The summed E-state index contributed by atoms with van der Waals surface area (Å²) in [6.07, 6.45) is 4.44. The second kappa shape index (κ2) is 8.41. The van der Waals surface area contributed by atoms with E-state index in [0.717, 1.165) is 37.9 Å². The van der Waals surface area contributed by atoms with Gasteiger partial charge in [0, 0.05) is 37.0 Å². The third-order valence-electron chi connectivity index (χ3n) is 4.86. The molecule has 1 N–H and O–H groups in total. The Bertz CT molecular complexity index is 668. The predicted octanol–water partition coefficient (Wildman–Crippen LogP) is 3.06. The number of ether oxygens (including phenoxy) is 1. The minimum atomic E-state index is -0.592. The van der Waals surface area contributed by atoms with Crippen LogP contribution in [0, 0.1) is 5.82 Å². The normalized spacial score (nSPS) is 23.6. The molecule has 0 spiro atoms. The van der Waals surface area contributed by atoms with Crippen molar-refractivity contribution in [1.29, 1.82) is 0 Å². The van der Waals surface area contributed by atoms with Crippen LogP contribution in [-0.2, 0) is 6.42 Å². The molecule has 1 heterocycles. The molecule has 134 valence electrons. The molecule has 0 radical (unpaired) electrons. The van der Waals surface area contributed by atoms with Gasteiger partial charge in [-0.2, -0.15) is 0 Å². The average Bonchev–Trinajstić information content (AvgIpc) is 2.62. The van der Waals surface area contributed by atoms with E-state index in [-0.39, 0.29) is 18.0 Å². The topological polar surface area (TPSA) is 45.6 Å². The second-order valence-corrected chi connectivity index (χ2v) is 6.65. The van der Waals surface area contributed by atoms with Crippen molar-refractivity contribution in [2.75, 3.05) is 13.6 Å². The standard InChI is InChI=1S/C20H25FN2O2/c1-23(13-11-16-7-2-3-12-22-16)18-9-5-10-19(20(18)24)25-17-8-4-6-15(21)14-17/h2-4,6-8,12,14,18-20,24H,5,9-11,13H2,1H3/t18-,19+,20+/m0/s1. The van der Waals surface area contributed by atoms with Crippen LogP contribution in [0.2, 0.25) is 0 Å². The van der Waals surface area contributed by atoms with Gasteiger partial charge in [0.2, 0.25) is 0 Å². The molecular weight excluding hydrogens is 319 g/mol. The fourth-order valence-corrected chi connectivity index (χ4v) is 3.45. The zero-order valence-electron chi connectivity index (χ0n) is 14.5. The number of aliphatic hydroxyl groups excluding tert-OH is 1. The molecule has 1 aromatic carbocycles. The summed E-state index contributed by atoms with van der Waals surface area (Å²) >= 11 is 0. The number of halogens is 1. The zero-order valence-corrected chi connectivity index (χ0v) is 14.5. The Balaban J connectivity index is 1.58. The molecule has 3 atom stereocenters. The highest BCUT2D eigenvalue weighted by Gasteiger charge is 2.35. The Morgan fingerprint density at radius 3 is 2.88 bits per heavy atom. The Morgan fingerprint density at radius 2 is 2.12 bits per heavy atom. The SMILES string of the molecule is CN(CCc1ccccn1)[C@H]1CCC[C@@H](Oc2cccc(F)c2)[C@@H]1O. The number of hydrogen-bond acceptors (Lipinski definition) is 4. The van der Waals surface area contributed by atoms with Crippen LogP contribution in [0.15, 0.2) is 48.7 Å². The Morgan fingerprint density at radius 1 is 1.24 bits per heavy atom. The predicted molar refractivity (Wildman–Crippen MR) is 95.0 cm³/mol. The van der Waals surface area contributed by atoms with Crippen molar-refractivity contribution in [3.63, 3.8) is 0 Å². The highest BCUT2D eigenvalue weighted by atomic mass is 19.1. The molecule has 1 aromatic heterocycles. The lowest BCUT2D eigenvalue weighted by atomic mass is 9.89. The Labute approximate surface area is 148 Å². The number of likely N-dealkylation sites (N-methyl/N-ethyl adjacent to an activating group) is 1. The van der Waals surface area contributed by atoms with Crippen molar-refractivity contribution in [1.82, 2.24) is 9.88 Å². The Kier molecular flexibility index (Phi) is 6.00. The Hall–Kier alpha value is -1.98. The maximum Gasteiger partial charge on any atom is 0.126 e. The van der Waals surface area contributed by atoms with Gasteiger partial charge in [-0.1, -0.05) is 12.1 Å². The number of aromatic nitrogens is 1. The molecule has 1 saturated carbocycles. The van der Waals surface area contributed by atoms with Crippen LogP contribution in [0.3, 0.4) is 0 Å². The molecule has 1 fully saturated rings. The van der Waals surface area contributed by atoms with Crippen molar-refractivity contribution in [3.05, 3.63) is 60.2 Å². The smallest absolute Gasteiger partial charge is 0.126 e. The van der Waals surface area contributed by atoms with Gasteiger partial charge in [-0.05, 0) is 50.6 Å². The summed E-state index contributed by atoms with van der Waals surface area (Å²) in [7, 11) is 2.03. The molecule has 4 nitrogen and oxygen atoms in total. The van der Waals surface area contributed by atoms with Crippen LogP contribution >= 0.6 is 0 Å². The van der Waals surface area contributed by atoms with E-state index in [1.165, 1.54) is 12.1 Å². The number of hydrogen-bond donors (Lipinski definition) is 1. The second-order valence-electron chi connectivity index (χ2n) is 6.65. The molecule has 0 saturated heterocycles. The lowest BCUT2D eigenvalue weighted by Crippen LogP contribution is -2.52.